The highest BCUT2D eigenvalue weighted by atomic mass is 16.7. The number of esters is 2. The maximum Gasteiger partial charge on any atom is 0.513 e. The van der Waals surface area contributed by atoms with Crippen LogP contribution in [0.15, 0.2) is 0 Å². The summed E-state index contributed by atoms with van der Waals surface area (Å²) in [4.78, 5) is 41.5. The zero-order valence-electron chi connectivity index (χ0n) is 9.59. The van der Waals surface area contributed by atoms with Crippen LogP contribution < -0.4 is 0 Å². The van der Waals surface area contributed by atoms with Gasteiger partial charge in [-0.3, -0.25) is 9.59 Å². The number of carbonyl (C=O) groups is 4. The van der Waals surface area contributed by atoms with E-state index in [1.54, 1.807) is 0 Å². The summed E-state index contributed by atoms with van der Waals surface area (Å²) in [6, 6.07) is 0. The maximum atomic E-state index is 10.8. The van der Waals surface area contributed by atoms with Gasteiger partial charge in [-0.25, -0.2) is 9.59 Å². The van der Waals surface area contributed by atoms with Crippen LogP contribution in [0, 0.1) is 0 Å². The predicted molar refractivity (Wildman–Crippen MR) is 55.9 cm³/mol. The number of ether oxygens (including phenoxy) is 2. The quantitative estimate of drug-likeness (QED) is 0.403. The van der Waals surface area contributed by atoms with Crippen LogP contribution in [0.25, 0.3) is 0 Å². The van der Waals surface area contributed by atoms with Gasteiger partial charge in [0.25, 0.3) is 0 Å². The van der Waals surface area contributed by atoms with Crippen molar-refractivity contribution in [3.05, 3.63) is 0 Å². The van der Waals surface area contributed by atoms with Crippen molar-refractivity contribution in [1.82, 2.24) is 0 Å². The van der Waals surface area contributed by atoms with Crippen LogP contribution in [0.5, 0.6) is 0 Å². The Morgan fingerprint density at radius 1 is 0.667 bits per heavy atom. The summed E-state index contributed by atoms with van der Waals surface area (Å²) in [6.45, 7) is 0. The van der Waals surface area contributed by atoms with Crippen molar-refractivity contribution < 1.29 is 38.9 Å². The van der Waals surface area contributed by atoms with Crippen molar-refractivity contribution in [3.8, 4) is 0 Å². The summed E-state index contributed by atoms with van der Waals surface area (Å²) >= 11 is 0. The number of carboxylic acid groups (broad SMARTS) is 2. The minimum absolute atomic E-state index is 0.00806. The molecule has 8 heteroatoms. The second-order valence-electron chi connectivity index (χ2n) is 3.39. The van der Waals surface area contributed by atoms with E-state index in [-0.39, 0.29) is 12.8 Å². The third-order valence-corrected chi connectivity index (χ3v) is 1.91. The summed E-state index contributed by atoms with van der Waals surface area (Å²) in [6.07, 6.45) is -1.17. The molecule has 102 valence electrons. The lowest BCUT2D eigenvalue weighted by Gasteiger charge is -2.00. The van der Waals surface area contributed by atoms with Crippen molar-refractivity contribution >= 4 is 24.2 Å². The van der Waals surface area contributed by atoms with Crippen LogP contribution in [0.2, 0.25) is 0 Å². The normalized spacial score (nSPS) is 9.56. The molecule has 0 bridgehead atoms. The Hall–Kier alpha value is -2.12. The molecule has 0 radical (unpaired) electrons. The van der Waals surface area contributed by atoms with E-state index < -0.39 is 24.2 Å². The molecule has 0 aliphatic heterocycles. The van der Waals surface area contributed by atoms with Crippen molar-refractivity contribution in [2.75, 3.05) is 0 Å². The van der Waals surface area contributed by atoms with Gasteiger partial charge in [0.2, 0.25) is 0 Å². The lowest BCUT2D eigenvalue weighted by Crippen LogP contribution is -2.10. The Kier molecular flexibility index (Phi) is 7.91. The van der Waals surface area contributed by atoms with Crippen molar-refractivity contribution in [3.63, 3.8) is 0 Å². The molecule has 0 aromatic heterocycles. The molecule has 0 heterocycles. The lowest BCUT2D eigenvalue weighted by atomic mass is 10.1. The molecule has 0 atom stereocenters. The number of unbranched alkanes of at least 4 members (excludes halogenated alkanes) is 3. The first-order valence-electron chi connectivity index (χ1n) is 5.29. The van der Waals surface area contributed by atoms with Gasteiger partial charge in [0.05, 0.1) is 0 Å². The zero-order chi connectivity index (χ0) is 14.0. The van der Waals surface area contributed by atoms with E-state index in [1.165, 1.54) is 0 Å². The lowest BCUT2D eigenvalue weighted by molar-refractivity contribution is -0.140. The predicted octanol–water partition coefficient (Wildman–Crippen LogP) is 1.77. The van der Waals surface area contributed by atoms with E-state index in [9.17, 15) is 19.2 Å². The van der Waals surface area contributed by atoms with Crippen LogP contribution in [-0.4, -0.2) is 34.5 Å². The molecule has 8 nitrogen and oxygen atoms in total. The first-order chi connectivity index (χ1) is 8.41. The van der Waals surface area contributed by atoms with E-state index >= 15 is 0 Å². The molecule has 0 saturated carbocycles. The largest absolute Gasteiger partial charge is 0.513 e. The summed E-state index contributed by atoms with van der Waals surface area (Å²) < 4.78 is 7.75. The zero-order valence-corrected chi connectivity index (χ0v) is 9.59. The van der Waals surface area contributed by atoms with Gasteiger partial charge >= 0.3 is 24.2 Å². The summed E-state index contributed by atoms with van der Waals surface area (Å²) in [7, 11) is 0. The first-order valence-corrected chi connectivity index (χ1v) is 5.29. The minimum Gasteiger partial charge on any atom is -0.449 e. The highest BCUT2D eigenvalue weighted by Crippen LogP contribution is 2.07. The molecular weight excluding hydrogens is 248 g/mol. The summed E-state index contributed by atoms with van der Waals surface area (Å²) in [5.74, 6) is -1.62. The molecule has 0 unspecified atom stereocenters. The molecule has 0 fully saturated rings. The van der Waals surface area contributed by atoms with Crippen LogP contribution in [0.3, 0.4) is 0 Å². The fraction of sp³-hybridized carbons (Fsp3) is 0.600. The Labute approximate surface area is 102 Å². The molecule has 0 saturated heterocycles. The molecule has 0 rings (SSSR count). The van der Waals surface area contributed by atoms with E-state index in [0.717, 1.165) is 0 Å². The Balaban J connectivity index is 3.41. The monoisotopic (exact) mass is 262 g/mol. The van der Waals surface area contributed by atoms with Gasteiger partial charge in [-0.05, 0) is 12.8 Å². The number of rotatable bonds is 7. The molecule has 2 N–H and O–H groups in total. The molecule has 0 amide bonds. The third kappa shape index (κ3) is 10.4. The van der Waals surface area contributed by atoms with Crippen LogP contribution in [-0.2, 0) is 19.1 Å². The van der Waals surface area contributed by atoms with Gasteiger partial charge in [0.15, 0.2) is 0 Å². The fourth-order valence-corrected chi connectivity index (χ4v) is 1.19. The number of hydrogen-bond donors (Lipinski definition) is 2. The Morgan fingerprint density at radius 2 is 1.00 bits per heavy atom. The van der Waals surface area contributed by atoms with Crippen LogP contribution in [0.4, 0.5) is 9.59 Å². The highest BCUT2D eigenvalue weighted by molar-refractivity contribution is 5.81. The van der Waals surface area contributed by atoms with Gasteiger partial charge < -0.3 is 19.7 Å². The first kappa shape index (κ1) is 15.9. The average Bonchev–Trinajstić information content (AvgIpc) is 2.20. The van der Waals surface area contributed by atoms with Crippen molar-refractivity contribution in [1.29, 1.82) is 0 Å². The molecule has 0 aromatic rings. The highest BCUT2D eigenvalue weighted by Gasteiger charge is 2.09. The van der Waals surface area contributed by atoms with Gasteiger partial charge in [0, 0.05) is 12.8 Å². The Morgan fingerprint density at radius 3 is 1.28 bits per heavy atom. The molecule has 0 aliphatic rings. The standard InChI is InChI=1S/C10H14O8/c11-7(17-9(13)14)5-3-1-2-4-6-8(12)18-10(15)16/h1-6H2,(H,13,14)(H,15,16). The fourth-order valence-electron chi connectivity index (χ4n) is 1.19. The van der Waals surface area contributed by atoms with Gasteiger partial charge in [-0.1, -0.05) is 12.8 Å². The van der Waals surface area contributed by atoms with E-state index in [4.69, 9.17) is 10.2 Å². The SMILES string of the molecule is O=C(O)OC(=O)CCCCCCC(=O)OC(=O)O. The number of carbonyl (C=O) groups excluding carboxylic acids is 2. The molecule has 0 aliphatic carbocycles. The molecular formula is C10H14O8. The minimum atomic E-state index is -1.63. The van der Waals surface area contributed by atoms with Gasteiger partial charge in [-0.15, -0.1) is 0 Å². The Bertz CT molecular complexity index is 290. The second kappa shape index (κ2) is 8.97. The molecule has 18 heavy (non-hydrogen) atoms. The third-order valence-electron chi connectivity index (χ3n) is 1.91. The van der Waals surface area contributed by atoms with E-state index in [2.05, 4.69) is 9.47 Å². The number of hydrogen-bond acceptors (Lipinski definition) is 6. The maximum absolute atomic E-state index is 10.8. The topological polar surface area (TPSA) is 127 Å². The smallest absolute Gasteiger partial charge is 0.449 e. The molecule has 0 aromatic carbocycles. The summed E-state index contributed by atoms with van der Waals surface area (Å²) in [5.41, 5.74) is 0. The van der Waals surface area contributed by atoms with Crippen LogP contribution in [0.1, 0.15) is 38.5 Å². The van der Waals surface area contributed by atoms with E-state index in [0.29, 0.717) is 25.7 Å². The van der Waals surface area contributed by atoms with Gasteiger partial charge in [-0.2, -0.15) is 0 Å². The average molecular weight is 262 g/mol. The van der Waals surface area contributed by atoms with Crippen LogP contribution >= 0.6 is 0 Å². The van der Waals surface area contributed by atoms with E-state index in [1.807, 2.05) is 0 Å². The second-order valence-corrected chi connectivity index (χ2v) is 3.39. The van der Waals surface area contributed by atoms with Crippen molar-refractivity contribution in [2.24, 2.45) is 0 Å². The van der Waals surface area contributed by atoms with Crippen molar-refractivity contribution in [2.45, 2.75) is 38.5 Å². The van der Waals surface area contributed by atoms with Gasteiger partial charge in [0.1, 0.15) is 0 Å². The summed E-state index contributed by atoms with van der Waals surface area (Å²) in [5, 5.41) is 16.2. The molecule has 0 spiro atoms.